The van der Waals surface area contributed by atoms with Gasteiger partial charge in [-0.3, -0.25) is 4.79 Å². The molecular weight excluding hydrogens is 178 g/mol. The molecule has 0 aliphatic carbocycles. The lowest BCUT2D eigenvalue weighted by molar-refractivity contribution is -0.132. The van der Waals surface area contributed by atoms with Crippen LogP contribution >= 0.6 is 0 Å². The predicted octanol–water partition coefficient (Wildman–Crippen LogP) is 1.62. The van der Waals surface area contributed by atoms with Crippen LogP contribution in [0.4, 0.5) is 5.69 Å². The molecular formula is C11H12NO2. The van der Waals surface area contributed by atoms with Crippen LogP contribution in [0.2, 0.25) is 0 Å². The van der Waals surface area contributed by atoms with E-state index >= 15 is 0 Å². The Morgan fingerprint density at radius 3 is 2.93 bits per heavy atom. The summed E-state index contributed by atoms with van der Waals surface area (Å²) in [5, 5.41) is 0. The number of anilines is 1. The Balaban J connectivity index is 2.53. The number of benzene rings is 1. The lowest BCUT2D eigenvalue weighted by atomic mass is 10.0. The molecule has 0 aromatic heterocycles. The van der Waals surface area contributed by atoms with Crippen LogP contribution in [0.15, 0.2) is 18.2 Å². The van der Waals surface area contributed by atoms with E-state index in [4.69, 9.17) is 4.74 Å². The Morgan fingerprint density at radius 1 is 1.50 bits per heavy atom. The van der Waals surface area contributed by atoms with E-state index in [2.05, 4.69) is 6.07 Å². The number of ether oxygens (including phenoxy) is 1. The normalized spacial score (nSPS) is 18.8. The lowest BCUT2D eigenvalue weighted by Crippen LogP contribution is -2.50. The monoisotopic (exact) mass is 190 g/mol. The first-order valence-corrected chi connectivity index (χ1v) is 4.49. The van der Waals surface area contributed by atoms with Crippen LogP contribution in [-0.4, -0.2) is 18.6 Å². The van der Waals surface area contributed by atoms with E-state index in [0.717, 1.165) is 5.69 Å². The van der Waals surface area contributed by atoms with Crippen molar-refractivity contribution in [2.45, 2.75) is 19.4 Å². The first-order valence-electron chi connectivity index (χ1n) is 4.49. The van der Waals surface area contributed by atoms with Gasteiger partial charge in [-0.1, -0.05) is 6.07 Å². The lowest BCUT2D eigenvalue weighted by Gasteiger charge is -2.36. The minimum atomic E-state index is -0.781. The number of hydrogen-bond donors (Lipinski definition) is 0. The van der Waals surface area contributed by atoms with Crippen LogP contribution in [0.25, 0.3) is 0 Å². The highest BCUT2D eigenvalue weighted by Crippen LogP contribution is 2.35. The minimum Gasteiger partial charge on any atom is -0.476 e. The first-order chi connectivity index (χ1) is 6.52. The second-order valence-electron chi connectivity index (χ2n) is 3.87. The summed E-state index contributed by atoms with van der Waals surface area (Å²) >= 11 is 0. The van der Waals surface area contributed by atoms with Crippen LogP contribution in [0, 0.1) is 6.07 Å². The van der Waals surface area contributed by atoms with Gasteiger partial charge in [-0.15, -0.1) is 0 Å². The maximum atomic E-state index is 11.8. The third-order valence-corrected chi connectivity index (χ3v) is 2.35. The quantitative estimate of drug-likeness (QED) is 0.622. The summed E-state index contributed by atoms with van der Waals surface area (Å²) in [5.74, 6) is 0.677. The molecule has 1 heterocycles. The van der Waals surface area contributed by atoms with Crippen molar-refractivity contribution in [2.75, 3.05) is 11.9 Å². The zero-order valence-corrected chi connectivity index (χ0v) is 8.50. The summed E-state index contributed by atoms with van der Waals surface area (Å²) in [5.41, 5.74) is 0.0183. The topological polar surface area (TPSA) is 29.5 Å². The van der Waals surface area contributed by atoms with Crippen molar-refractivity contribution in [3.05, 3.63) is 24.3 Å². The Labute approximate surface area is 83.3 Å². The molecule has 0 saturated carbocycles. The highest BCUT2D eigenvalue weighted by Gasteiger charge is 2.38. The number of hydrogen-bond acceptors (Lipinski definition) is 2. The van der Waals surface area contributed by atoms with Crippen molar-refractivity contribution in [2.24, 2.45) is 0 Å². The summed E-state index contributed by atoms with van der Waals surface area (Å²) in [6, 6.07) is 8.27. The molecule has 0 atom stereocenters. The smallest absolute Gasteiger partial charge is 0.270 e. The molecule has 3 heteroatoms. The number of rotatable bonds is 0. The zero-order valence-electron chi connectivity index (χ0n) is 8.50. The van der Waals surface area contributed by atoms with Crippen molar-refractivity contribution >= 4 is 11.6 Å². The average Bonchev–Trinajstić information content (AvgIpc) is 2.14. The van der Waals surface area contributed by atoms with E-state index < -0.39 is 5.60 Å². The van der Waals surface area contributed by atoms with Gasteiger partial charge in [-0.2, -0.15) is 0 Å². The molecule has 0 fully saturated rings. The van der Waals surface area contributed by atoms with Gasteiger partial charge in [0.1, 0.15) is 5.75 Å². The van der Waals surface area contributed by atoms with Gasteiger partial charge in [0.25, 0.3) is 5.91 Å². The first kappa shape index (κ1) is 9.06. The highest BCUT2D eigenvalue weighted by atomic mass is 16.5. The van der Waals surface area contributed by atoms with Gasteiger partial charge < -0.3 is 9.64 Å². The van der Waals surface area contributed by atoms with E-state index in [9.17, 15) is 4.79 Å². The molecule has 0 saturated heterocycles. The fraction of sp³-hybridized carbons (Fsp3) is 0.364. The maximum absolute atomic E-state index is 11.8. The molecule has 1 aliphatic rings. The van der Waals surface area contributed by atoms with Crippen molar-refractivity contribution in [3.8, 4) is 5.75 Å². The van der Waals surface area contributed by atoms with Gasteiger partial charge in [0.2, 0.25) is 0 Å². The SMILES string of the molecule is CN1C(=O)C(C)(C)Oc2c[c]ccc21. The maximum Gasteiger partial charge on any atom is 0.270 e. The van der Waals surface area contributed by atoms with E-state index in [1.54, 1.807) is 37.9 Å². The largest absolute Gasteiger partial charge is 0.476 e. The summed E-state index contributed by atoms with van der Waals surface area (Å²) in [6.07, 6.45) is 0. The van der Waals surface area contributed by atoms with E-state index in [-0.39, 0.29) is 5.91 Å². The van der Waals surface area contributed by atoms with Crippen LogP contribution < -0.4 is 9.64 Å². The molecule has 73 valence electrons. The van der Waals surface area contributed by atoms with Crippen molar-refractivity contribution in [1.29, 1.82) is 0 Å². The Bertz CT molecular complexity index is 385. The number of nitrogens with zero attached hydrogens (tertiary/aromatic N) is 1. The third kappa shape index (κ3) is 1.16. The summed E-state index contributed by atoms with van der Waals surface area (Å²) in [7, 11) is 1.76. The fourth-order valence-electron chi connectivity index (χ4n) is 1.60. The van der Waals surface area contributed by atoms with Crippen molar-refractivity contribution < 1.29 is 9.53 Å². The number of amides is 1. The Kier molecular flexibility index (Phi) is 1.77. The zero-order chi connectivity index (χ0) is 10.3. The Morgan fingerprint density at radius 2 is 2.21 bits per heavy atom. The third-order valence-electron chi connectivity index (χ3n) is 2.35. The van der Waals surface area contributed by atoms with Crippen molar-refractivity contribution in [3.63, 3.8) is 0 Å². The van der Waals surface area contributed by atoms with E-state index in [0.29, 0.717) is 5.75 Å². The van der Waals surface area contributed by atoms with Crippen molar-refractivity contribution in [1.82, 2.24) is 0 Å². The molecule has 1 aromatic carbocycles. The van der Waals surface area contributed by atoms with Crippen LogP contribution in [0.5, 0.6) is 5.75 Å². The number of carbonyl (C=O) groups is 1. The minimum absolute atomic E-state index is 0.0313. The summed E-state index contributed by atoms with van der Waals surface area (Å²) in [6.45, 7) is 3.53. The fourth-order valence-corrected chi connectivity index (χ4v) is 1.60. The molecule has 2 rings (SSSR count). The molecule has 1 radical (unpaired) electrons. The average molecular weight is 190 g/mol. The number of likely N-dealkylation sites (N-methyl/N-ethyl adjacent to an activating group) is 1. The standard InChI is InChI=1S/C11H12NO2/c1-11(2)10(13)12(3)8-6-4-5-7-9(8)14-11/h4,6-7H,1-3H3. The van der Waals surface area contributed by atoms with Crippen LogP contribution in [0.3, 0.4) is 0 Å². The predicted molar refractivity (Wildman–Crippen MR) is 53.4 cm³/mol. The molecule has 1 amide bonds. The van der Waals surface area contributed by atoms with E-state index in [1.165, 1.54) is 0 Å². The molecule has 0 spiro atoms. The molecule has 1 aliphatic heterocycles. The second kappa shape index (κ2) is 2.74. The Hall–Kier alpha value is -1.51. The van der Waals surface area contributed by atoms with Gasteiger partial charge in [-0.05, 0) is 32.0 Å². The van der Waals surface area contributed by atoms with Crippen LogP contribution in [-0.2, 0) is 4.79 Å². The molecule has 1 aromatic rings. The van der Waals surface area contributed by atoms with Crippen LogP contribution in [0.1, 0.15) is 13.8 Å². The highest BCUT2D eigenvalue weighted by molar-refractivity contribution is 6.01. The second-order valence-corrected chi connectivity index (χ2v) is 3.87. The van der Waals surface area contributed by atoms with E-state index in [1.807, 2.05) is 6.07 Å². The molecule has 3 nitrogen and oxygen atoms in total. The number of carbonyl (C=O) groups excluding carboxylic acids is 1. The summed E-state index contributed by atoms with van der Waals surface area (Å²) in [4.78, 5) is 13.4. The molecule has 0 bridgehead atoms. The van der Waals surface area contributed by atoms with Gasteiger partial charge in [0.15, 0.2) is 5.60 Å². The van der Waals surface area contributed by atoms with Gasteiger partial charge in [0, 0.05) is 7.05 Å². The van der Waals surface area contributed by atoms with Gasteiger partial charge in [-0.25, -0.2) is 0 Å². The summed E-state index contributed by atoms with van der Waals surface area (Å²) < 4.78 is 5.58. The molecule has 0 N–H and O–H groups in total. The van der Waals surface area contributed by atoms with Gasteiger partial charge >= 0.3 is 0 Å². The number of fused-ring (bicyclic) bond motifs is 1. The molecule has 14 heavy (non-hydrogen) atoms. The molecule has 0 unspecified atom stereocenters. The van der Waals surface area contributed by atoms with Gasteiger partial charge in [0.05, 0.1) is 5.69 Å².